The normalized spacial score (nSPS) is 11.1. The number of hydrogen-bond donors (Lipinski definition) is 0. The van der Waals surface area contributed by atoms with Gasteiger partial charge in [0.15, 0.2) is 0 Å². The third-order valence-electron chi connectivity index (χ3n) is 4.03. The molecule has 2 rings (SSSR count). The lowest BCUT2D eigenvalue weighted by atomic mass is 10.1. The highest BCUT2D eigenvalue weighted by Gasteiger charge is 2.14. The van der Waals surface area contributed by atoms with Gasteiger partial charge in [-0.2, -0.15) is 0 Å². The third-order valence-corrected chi connectivity index (χ3v) is 4.03. The number of amides is 1. The highest BCUT2D eigenvalue weighted by molar-refractivity contribution is 5.82. The molecule has 5 heteroatoms. The summed E-state index contributed by atoms with van der Waals surface area (Å²) in [6, 6.07) is 5.81. The van der Waals surface area contributed by atoms with Crippen molar-refractivity contribution in [2.45, 2.75) is 33.1 Å². The van der Waals surface area contributed by atoms with Crippen LogP contribution in [0.25, 0.3) is 11.0 Å². The van der Waals surface area contributed by atoms with Crippen LogP contribution in [0.4, 0.5) is 0 Å². The first-order valence-corrected chi connectivity index (χ1v) is 7.91. The fourth-order valence-electron chi connectivity index (χ4n) is 2.85. The van der Waals surface area contributed by atoms with Crippen LogP contribution in [-0.2, 0) is 25.3 Å². The largest absolute Gasteiger partial charge is 0.342 e. The van der Waals surface area contributed by atoms with Crippen molar-refractivity contribution < 1.29 is 4.79 Å². The molecule has 0 N–H and O–H groups in total. The van der Waals surface area contributed by atoms with Gasteiger partial charge in [0.1, 0.15) is 0 Å². The molecular weight excluding hydrogens is 278 g/mol. The molecule has 0 saturated heterocycles. The van der Waals surface area contributed by atoms with Gasteiger partial charge in [-0.05, 0) is 30.5 Å². The fourth-order valence-corrected chi connectivity index (χ4v) is 2.85. The van der Waals surface area contributed by atoms with E-state index in [1.807, 2.05) is 23.1 Å². The van der Waals surface area contributed by atoms with Gasteiger partial charge in [0.05, 0.1) is 17.5 Å². The van der Waals surface area contributed by atoms with E-state index in [0.717, 1.165) is 42.5 Å². The molecule has 0 spiro atoms. The van der Waals surface area contributed by atoms with Gasteiger partial charge < -0.3 is 4.90 Å². The summed E-state index contributed by atoms with van der Waals surface area (Å²) in [4.78, 5) is 26.3. The van der Waals surface area contributed by atoms with E-state index < -0.39 is 0 Å². The van der Waals surface area contributed by atoms with Crippen LogP contribution in [0.3, 0.4) is 0 Å². The molecular formula is C17H25N3O2. The third kappa shape index (κ3) is 3.08. The summed E-state index contributed by atoms with van der Waals surface area (Å²) in [7, 11) is 3.52. The molecule has 1 aromatic heterocycles. The van der Waals surface area contributed by atoms with Crippen LogP contribution in [0, 0.1) is 0 Å². The maximum Gasteiger partial charge on any atom is 0.328 e. The summed E-state index contributed by atoms with van der Waals surface area (Å²) in [5, 5.41) is 0. The average Bonchev–Trinajstić information content (AvgIpc) is 2.72. The van der Waals surface area contributed by atoms with Gasteiger partial charge in [-0.15, -0.1) is 0 Å². The number of nitrogens with zero attached hydrogens (tertiary/aromatic N) is 3. The molecule has 0 atom stereocenters. The number of hydrogen-bond acceptors (Lipinski definition) is 2. The van der Waals surface area contributed by atoms with Crippen molar-refractivity contribution >= 4 is 16.9 Å². The van der Waals surface area contributed by atoms with E-state index in [-0.39, 0.29) is 11.6 Å². The van der Waals surface area contributed by atoms with Crippen molar-refractivity contribution in [2.75, 3.05) is 13.1 Å². The topological polar surface area (TPSA) is 47.2 Å². The monoisotopic (exact) mass is 303 g/mol. The van der Waals surface area contributed by atoms with E-state index in [4.69, 9.17) is 0 Å². The number of benzene rings is 1. The molecule has 0 aliphatic heterocycles. The van der Waals surface area contributed by atoms with Crippen molar-refractivity contribution in [3.8, 4) is 0 Å². The number of rotatable bonds is 6. The molecule has 0 radical (unpaired) electrons. The minimum atomic E-state index is -0.0444. The zero-order valence-electron chi connectivity index (χ0n) is 13.9. The Bertz CT molecular complexity index is 721. The Labute approximate surface area is 131 Å². The minimum absolute atomic E-state index is 0.0444. The maximum atomic E-state index is 12.4. The van der Waals surface area contributed by atoms with Crippen LogP contribution in [0.1, 0.15) is 32.3 Å². The van der Waals surface area contributed by atoms with Crippen LogP contribution in [0.15, 0.2) is 23.0 Å². The summed E-state index contributed by atoms with van der Waals surface area (Å²) >= 11 is 0. The number of carbonyl (C=O) groups excluding carboxylic acids is 1. The molecule has 0 saturated carbocycles. The van der Waals surface area contributed by atoms with Gasteiger partial charge in [0.25, 0.3) is 0 Å². The summed E-state index contributed by atoms with van der Waals surface area (Å²) < 4.78 is 3.25. The first-order valence-electron chi connectivity index (χ1n) is 7.91. The van der Waals surface area contributed by atoms with Gasteiger partial charge in [-0.25, -0.2) is 4.79 Å². The first kappa shape index (κ1) is 16.3. The van der Waals surface area contributed by atoms with Crippen molar-refractivity contribution in [3.05, 3.63) is 34.2 Å². The molecule has 120 valence electrons. The molecule has 1 aromatic carbocycles. The SMILES string of the molecule is CCCN(CCC)C(=O)Cc1ccc2c(c1)n(C)c(=O)n2C. The van der Waals surface area contributed by atoms with E-state index in [2.05, 4.69) is 13.8 Å². The molecule has 22 heavy (non-hydrogen) atoms. The van der Waals surface area contributed by atoms with Crippen LogP contribution < -0.4 is 5.69 Å². The van der Waals surface area contributed by atoms with E-state index in [0.29, 0.717) is 6.42 Å². The number of imidazole rings is 1. The predicted octanol–water partition coefficient (Wildman–Crippen LogP) is 2.07. The van der Waals surface area contributed by atoms with Crippen molar-refractivity contribution in [1.82, 2.24) is 14.0 Å². The van der Waals surface area contributed by atoms with Gasteiger partial charge in [-0.3, -0.25) is 13.9 Å². The van der Waals surface area contributed by atoms with Crippen molar-refractivity contribution in [3.63, 3.8) is 0 Å². The van der Waals surface area contributed by atoms with Crippen LogP contribution in [0.2, 0.25) is 0 Å². The standard InChI is InChI=1S/C17H25N3O2/c1-5-9-20(10-6-2)16(21)12-13-7-8-14-15(11-13)19(4)17(22)18(14)3/h7-8,11H,5-6,9-10,12H2,1-4H3. The Morgan fingerprint density at radius 2 is 1.64 bits per heavy atom. The van der Waals surface area contributed by atoms with Crippen LogP contribution >= 0.6 is 0 Å². The Morgan fingerprint density at radius 1 is 1.05 bits per heavy atom. The fraction of sp³-hybridized carbons (Fsp3) is 0.529. The lowest BCUT2D eigenvalue weighted by Crippen LogP contribution is -2.33. The Balaban J connectivity index is 2.26. The van der Waals surface area contributed by atoms with Gasteiger partial charge in [0, 0.05) is 27.2 Å². The number of aromatic nitrogens is 2. The second kappa shape index (κ2) is 6.81. The van der Waals surface area contributed by atoms with Crippen LogP contribution in [-0.4, -0.2) is 33.0 Å². The van der Waals surface area contributed by atoms with Crippen molar-refractivity contribution in [1.29, 1.82) is 0 Å². The maximum absolute atomic E-state index is 12.4. The van der Waals surface area contributed by atoms with E-state index in [9.17, 15) is 9.59 Å². The smallest absolute Gasteiger partial charge is 0.328 e. The van der Waals surface area contributed by atoms with Crippen LogP contribution in [0.5, 0.6) is 0 Å². The predicted molar refractivity (Wildman–Crippen MR) is 89.0 cm³/mol. The molecule has 0 aliphatic rings. The van der Waals surface area contributed by atoms with E-state index in [1.54, 1.807) is 23.2 Å². The highest BCUT2D eigenvalue weighted by atomic mass is 16.2. The Kier molecular flexibility index (Phi) is 5.06. The van der Waals surface area contributed by atoms with Gasteiger partial charge >= 0.3 is 5.69 Å². The molecule has 1 heterocycles. The highest BCUT2D eigenvalue weighted by Crippen LogP contribution is 2.15. The number of carbonyl (C=O) groups is 1. The lowest BCUT2D eigenvalue weighted by molar-refractivity contribution is -0.130. The van der Waals surface area contributed by atoms with E-state index in [1.165, 1.54) is 0 Å². The van der Waals surface area contributed by atoms with Crippen molar-refractivity contribution in [2.24, 2.45) is 14.1 Å². The molecule has 0 aliphatic carbocycles. The second-order valence-electron chi connectivity index (χ2n) is 5.78. The quantitative estimate of drug-likeness (QED) is 0.820. The second-order valence-corrected chi connectivity index (χ2v) is 5.78. The number of fused-ring (bicyclic) bond motifs is 1. The lowest BCUT2D eigenvalue weighted by Gasteiger charge is -2.21. The Hall–Kier alpha value is -2.04. The van der Waals surface area contributed by atoms with E-state index >= 15 is 0 Å². The average molecular weight is 303 g/mol. The number of aryl methyl sites for hydroxylation is 2. The molecule has 1 amide bonds. The summed E-state index contributed by atoms with van der Waals surface area (Å²) in [6.07, 6.45) is 2.33. The van der Waals surface area contributed by atoms with Gasteiger partial charge in [0.2, 0.25) is 5.91 Å². The molecule has 5 nitrogen and oxygen atoms in total. The minimum Gasteiger partial charge on any atom is -0.342 e. The van der Waals surface area contributed by atoms with Gasteiger partial charge in [-0.1, -0.05) is 19.9 Å². The molecule has 0 unspecified atom stereocenters. The summed E-state index contributed by atoms with van der Waals surface area (Å²) in [6.45, 7) is 5.78. The first-order chi connectivity index (χ1) is 10.5. The summed E-state index contributed by atoms with van der Waals surface area (Å²) in [5.41, 5.74) is 2.67. The summed E-state index contributed by atoms with van der Waals surface area (Å²) in [5.74, 6) is 0.156. The molecule has 2 aromatic rings. The zero-order chi connectivity index (χ0) is 16.3. The molecule has 0 fully saturated rings. The zero-order valence-corrected chi connectivity index (χ0v) is 13.9. The molecule has 0 bridgehead atoms. The Morgan fingerprint density at radius 3 is 2.23 bits per heavy atom.